The van der Waals surface area contributed by atoms with E-state index in [4.69, 9.17) is 4.74 Å². The summed E-state index contributed by atoms with van der Waals surface area (Å²) in [5.41, 5.74) is 2.29. The molecule has 0 aliphatic heterocycles. The van der Waals surface area contributed by atoms with Crippen molar-refractivity contribution in [2.45, 2.75) is 30.7 Å². The fraction of sp³-hybridized carbons (Fsp3) is 0.286. The molecule has 144 valence electrons. The largest absolute Gasteiger partial charge is 0.496 e. The summed E-state index contributed by atoms with van der Waals surface area (Å²) >= 11 is 0. The van der Waals surface area contributed by atoms with Crippen molar-refractivity contribution in [1.29, 1.82) is 0 Å². The van der Waals surface area contributed by atoms with Crippen LogP contribution in [0.1, 0.15) is 40.9 Å². The van der Waals surface area contributed by atoms with Gasteiger partial charge in [-0.3, -0.25) is 4.79 Å². The lowest BCUT2D eigenvalue weighted by Gasteiger charge is -2.18. The van der Waals surface area contributed by atoms with Gasteiger partial charge in [0, 0.05) is 11.8 Å². The van der Waals surface area contributed by atoms with Crippen molar-refractivity contribution in [3.05, 3.63) is 71.8 Å². The van der Waals surface area contributed by atoms with Gasteiger partial charge in [-0.05, 0) is 54.3 Å². The number of rotatable bonds is 8. The molecule has 27 heavy (non-hydrogen) atoms. The van der Waals surface area contributed by atoms with E-state index in [2.05, 4.69) is 11.9 Å². The van der Waals surface area contributed by atoms with Gasteiger partial charge in [0.1, 0.15) is 5.75 Å². The van der Waals surface area contributed by atoms with Crippen molar-refractivity contribution in [1.82, 2.24) is 5.32 Å². The SMILES string of the molecule is C=CCc1cc(C(=O)N[C@H](CC)c2ccc(S(C)(=O)=O)cc2)ccc1OC. The predicted octanol–water partition coefficient (Wildman–Crippen LogP) is 3.71. The first-order valence-corrected chi connectivity index (χ1v) is 10.6. The highest BCUT2D eigenvalue weighted by Crippen LogP contribution is 2.23. The monoisotopic (exact) mass is 387 g/mol. The summed E-state index contributed by atoms with van der Waals surface area (Å²) in [4.78, 5) is 13.0. The highest BCUT2D eigenvalue weighted by atomic mass is 32.2. The average molecular weight is 388 g/mol. The van der Waals surface area contributed by atoms with Gasteiger partial charge in [-0.15, -0.1) is 6.58 Å². The maximum atomic E-state index is 12.7. The summed E-state index contributed by atoms with van der Waals surface area (Å²) in [5.74, 6) is 0.525. The molecule has 0 aliphatic carbocycles. The second-order valence-corrected chi connectivity index (χ2v) is 8.31. The number of methoxy groups -OCH3 is 1. The smallest absolute Gasteiger partial charge is 0.251 e. The number of carbonyl (C=O) groups is 1. The number of hydrogen-bond donors (Lipinski definition) is 1. The maximum absolute atomic E-state index is 12.7. The molecule has 0 spiro atoms. The van der Waals surface area contributed by atoms with Gasteiger partial charge in [0.25, 0.3) is 5.91 Å². The van der Waals surface area contributed by atoms with E-state index in [1.54, 1.807) is 55.7 Å². The second-order valence-electron chi connectivity index (χ2n) is 6.29. The van der Waals surface area contributed by atoms with E-state index in [9.17, 15) is 13.2 Å². The van der Waals surface area contributed by atoms with E-state index in [1.807, 2.05) is 6.92 Å². The molecular formula is C21H25NO4S. The molecule has 1 atom stereocenters. The van der Waals surface area contributed by atoms with Crippen LogP contribution in [0.5, 0.6) is 5.75 Å². The number of allylic oxidation sites excluding steroid dienone is 1. The minimum absolute atomic E-state index is 0.193. The molecule has 0 radical (unpaired) electrons. The number of amides is 1. The lowest BCUT2D eigenvalue weighted by molar-refractivity contribution is 0.0935. The molecule has 6 heteroatoms. The van der Waals surface area contributed by atoms with Crippen LogP contribution in [0.15, 0.2) is 60.0 Å². The summed E-state index contributed by atoms with van der Waals surface area (Å²) in [7, 11) is -1.65. The molecule has 2 aromatic carbocycles. The van der Waals surface area contributed by atoms with Gasteiger partial charge in [0.2, 0.25) is 0 Å². The Labute approximate surface area is 161 Å². The Balaban J connectivity index is 2.22. The summed E-state index contributed by atoms with van der Waals surface area (Å²) in [5, 5.41) is 3.01. The van der Waals surface area contributed by atoms with Crippen molar-refractivity contribution in [2.75, 3.05) is 13.4 Å². The average Bonchev–Trinajstić information content (AvgIpc) is 2.65. The first kappa shape index (κ1) is 20.7. The minimum atomic E-state index is -3.24. The molecule has 0 aliphatic rings. The number of hydrogen-bond acceptors (Lipinski definition) is 4. The van der Waals surface area contributed by atoms with Crippen LogP contribution in [0, 0.1) is 0 Å². The van der Waals surface area contributed by atoms with Crippen LogP contribution in [-0.4, -0.2) is 27.7 Å². The highest BCUT2D eigenvalue weighted by molar-refractivity contribution is 7.90. The van der Waals surface area contributed by atoms with Crippen LogP contribution >= 0.6 is 0 Å². The fourth-order valence-corrected chi connectivity index (χ4v) is 3.48. The molecule has 1 amide bonds. The second kappa shape index (κ2) is 8.86. The number of ether oxygens (including phenoxy) is 1. The van der Waals surface area contributed by atoms with Gasteiger partial charge < -0.3 is 10.1 Å². The Morgan fingerprint density at radius 2 is 1.89 bits per heavy atom. The van der Waals surface area contributed by atoms with E-state index in [0.717, 1.165) is 16.9 Å². The Kier molecular flexibility index (Phi) is 6.80. The van der Waals surface area contributed by atoms with Gasteiger partial charge in [0.05, 0.1) is 18.0 Å². The van der Waals surface area contributed by atoms with Gasteiger partial charge in [-0.2, -0.15) is 0 Å². The van der Waals surface area contributed by atoms with Gasteiger partial charge in [0.15, 0.2) is 9.84 Å². The first-order valence-electron chi connectivity index (χ1n) is 8.68. The Hall–Kier alpha value is -2.60. The Bertz CT molecular complexity index is 918. The lowest BCUT2D eigenvalue weighted by Crippen LogP contribution is -2.28. The van der Waals surface area contributed by atoms with E-state index >= 15 is 0 Å². The molecule has 0 saturated heterocycles. The van der Waals surface area contributed by atoms with Crippen molar-refractivity contribution in [3.63, 3.8) is 0 Å². The normalized spacial score (nSPS) is 12.3. The van der Waals surface area contributed by atoms with Crippen molar-refractivity contribution in [2.24, 2.45) is 0 Å². The quantitative estimate of drug-likeness (QED) is 0.701. The Morgan fingerprint density at radius 3 is 2.41 bits per heavy atom. The highest BCUT2D eigenvalue weighted by Gasteiger charge is 2.16. The molecule has 2 aromatic rings. The number of carbonyl (C=O) groups excluding carboxylic acids is 1. The molecule has 5 nitrogen and oxygen atoms in total. The lowest BCUT2D eigenvalue weighted by atomic mass is 10.0. The van der Waals surface area contributed by atoms with E-state index in [-0.39, 0.29) is 16.8 Å². The summed E-state index contributed by atoms with van der Waals surface area (Å²) in [6, 6.07) is 11.7. The molecule has 1 N–H and O–H groups in total. The summed E-state index contributed by atoms with van der Waals surface area (Å²) < 4.78 is 28.5. The molecule has 0 bridgehead atoms. The number of nitrogens with one attached hydrogen (secondary N) is 1. The van der Waals surface area contributed by atoms with E-state index in [1.165, 1.54) is 6.26 Å². The number of sulfone groups is 1. The van der Waals surface area contributed by atoms with Gasteiger partial charge in [-0.1, -0.05) is 25.1 Å². The van der Waals surface area contributed by atoms with Crippen LogP contribution in [0.25, 0.3) is 0 Å². The van der Waals surface area contributed by atoms with E-state index < -0.39 is 9.84 Å². The van der Waals surface area contributed by atoms with Gasteiger partial charge >= 0.3 is 0 Å². The van der Waals surface area contributed by atoms with Crippen molar-refractivity contribution >= 4 is 15.7 Å². The van der Waals surface area contributed by atoms with Crippen LogP contribution in [0.2, 0.25) is 0 Å². The zero-order valence-corrected chi connectivity index (χ0v) is 16.7. The molecule has 0 heterocycles. The minimum Gasteiger partial charge on any atom is -0.496 e. The molecule has 2 rings (SSSR count). The predicted molar refractivity (Wildman–Crippen MR) is 107 cm³/mol. The third-order valence-electron chi connectivity index (χ3n) is 4.33. The molecule has 0 fully saturated rings. The van der Waals surface area contributed by atoms with Crippen molar-refractivity contribution < 1.29 is 17.9 Å². The van der Waals surface area contributed by atoms with Gasteiger partial charge in [-0.25, -0.2) is 8.42 Å². The van der Waals surface area contributed by atoms with Crippen LogP contribution < -0.4 is 10.1 Å². The Morgan fingerprint density at radius 1 is 1.22 bits per heavy atom. The first-order chi connectivity index (χ1) is 12.8. The molecule has 0 saturated carbocycles. The number of benzene rings is 2. The maximum Gasteiger partial charge on any atom is 0.251 e. The van der Waals surface area contributed by atoms with E-state index in [0.29, 0.717) is 18.4 Å². The third-order valence-corrected chi connectivity index (χ3v) is 5.46. The molecule has 0 aromatic heterocycles. The van der Waals surface area contributed by atoms with Crippen LogP contribution in [0.4, 0.5) is 0 Å². The molecule has 0 unspecified atom stereocenters. The summed E-state index contributed by atoms with van der Waals surface area (Å²) in [6.07, 6.45) is 4.22. The third kappa shape index (κ3) is 5.20. The van der Waals surface area contributed by atoms with Crippen LogP contribution in [0.3, 0.4) is 0 Å². The van der Waals surface area contributed by atoms with Crippen LogP contribution in [-0.2, 0) is 16.3 Å². The fourth-order valence-electron chi connectivity index (χ4n) is 2.84. The zero-order chi connectivity index (χ0) is 20.0. The zero-order valence-electron chi connectivity index (χ0n) is 15.9. The summed E-state index contributed by atoms with van der Waals surface area (Å²) in [6.45, 7) is 5.70. The topological polar surface area (TPSA) is 72.5 Å². The van der Waals surface area contributed by atoms with Crippen molar-refractivity contribution in [3.8, 4) is 5.75 Å². The molecular weight excluding hydrogens is 362 g/mol. The standard InChI is InChI=1S/C21H25NO4S/c1-5-7-16-14-17(10-13-20(16)26-3)21(23)22-19(6-2)15-8-11-18(12-9-15)27(4,24)25/h5,8-14,19H,1,6-7H2,2-4H3,(H,22,23)/t19-/m1/s1.